The van der Waals surface area contributed by atoms with Gasteiger partial charge in [-0.3, -0.25) is 0 Å². The van der Waals surface area contributed by atoms with Crippen LogP contribution in [0.2, 0.25) is 19.6 Å². The summed E-state index contributed by atoms with van der Waals surface area (Å²) in [6.07, 6.45) is 3.29. The fourth-order valence-corrected chi connectivity index (χ4v) is 1.46. The maximum absolute atomic E-state index is 4.12. The van der Waals surface area contributed by atoms with E-state index in [9.17, 15) is 0 Å². The molecule has 68 valence electrons. The molecule has 1 heterocycles. The van der Waals surface area contributed by atoms with E-state index in [-0.39, 0.29) is 0 Å². The molecule has 0 fully saturated rings. The van der Waals surface area contributed by atoms with Crippen molar-refractivity contribution in [1.82, 2.24) is 9.97 Å². The van der Waals surface area contributed by atoms with Crippen molar-refractivity contribution < 1.29 is 0 Å². The second-order valence-electron chi connectivity index (χ2n) is 3.70. The summed E-state index contributed by atoms with van der Waals surface area (Å²) in [4.78, 5) is 8.17. The molecule has 1 aromatic rings. The maximum Gasteiger partial charge on any atom is 0.145 e. The molecule has 1 rings (SSSR count). The molecule has 0 bridgehead atoms. The molecule has 0 amide bonds. The molecule has 0 saturated heterocycles. The Hall–Kier alpha value is -0.663. The minimum absolute atomic E-state index is 0.723. The van der Waals surface area contributed by atoms with Gasteiger partial charge >= 0.3 is 0 Å². The second-order valence-corrected chi connectivity index (χ2v) is 9.20. The third kappa shape index (κ3) is 3.70. The SMILES string of the molecule is C[Si](C)(C)C#Cc1nccnc1Br. The van der Waals surface area contributed by atoms with Crippen molar-refractivity contribution in [3.8, 4) is 11.5 Å². The molecule has 0 aromatic carbocycles. The largest absolute Gasteiger partial charge is 0.245 e. The van der Waals surface area contributed by atoms with Crippen LogP contribution in [0.1, 0.15) is 5.69 Å². The Labute approximate surface area is 87.9 Å². The third-order valence-electron chi connectivity index (χ3n) is 1.21. The molecule has 0 unspecified atom stereocenters. The zero-order valence-corrected chi connectivity index (χ0v) is 10.5. The third-order valence-corrected chi connectivity index (χ3v) is 2.66. The molecule has 0 aliphatic rings. The van der Waals surface area contributed by atoms with Crippen molar-refractivity contribution in [2.24, 2.45) is 0 Å². The topological polar surface area (TPSA) is 25.8 Å². The van der Waals surface area contributed by atoms with Crippen LogP contribution in [-0.4, -0.2) is 18.0 Å². The molecule has 0 N–H and O–H groups in total. The fraction of sp³-hybridized carbons (Fsp3) is 0.333. The van der Waals surface area contributed by atoms with Gasteiger partial charge in [-0.1, -0.05) is 25.6 Å². The summed E-state index contributed by atoms with van der Waals surface area (Å²) in [5, 5.41) is 0. The maximum atomic E-state index is 4.12. The van der Waals surface area contributed by atoms with Crippen molar-refractivity contribution >= 4 is 24.0 Å². The lowest BCUT2D eigenvalue weighted by Crippen LogP contribution is -2.16. The molecule has 2 nitrogen and oxygen atoms in total. The van der Waals surface area contributed by atoms with Gasteiger partial charge in [0.05, 0.1) is 0 Å². The van der Waals surface area contributed by atoms with Crippen LogP contribution in [0.15, 0.2) is 17.0 Å². The smallest absolute Gasteiger partial charge is 0.145 e. The first-order chi connectivity index (χ1) is 5.99. The van der Waals surface area contributed by atoms with E-state index >= 15 is 0 Å². The Morgan fingerprint density at radius 3 is 2.38 bits per heavy atom. The number of halogens is 1. The van der Waals surface area contributed by atoms with Crippen LogP contribution < -0.4 is 0 Å². The van der Waals surface area contributed by atoms with Gasteiger partial charge in [-0.05, 0) is 15.9 Å². The molecule has 0 saturated carbocycles. The van der Waals surface area contributed by atoms with Gasteiger partial charge in [0.25, 0.3) is 0 Å². The Morgan fingerprint density at radius 2 is 1.85 bits per heavy atom. The van der Waals surface area contributed by atoms with E-state index < -0.39 is 8.07 Å². The summed E-state index contributed by atoms with van der Waals surface area (Å²) in [5.41, 5.74) is 3.96. The van der Waals surface area contributed by atoms with Crippen molar-refractivity contribution in [2.75, 3.05) is 0 Å². The molecule has 4 heteroatoms. The Bertz CT molecular complexity index is 360. The summed E-state index contributed by atoms with van der Waals surface area (Å²) in [6.45, 7) is 6.60. The molecule has 0 aliphatic heterocycles. The predicted molar refractivity (Wildman–Crippen MR) is 60.0 cm³/mol. The molecule has 0 radical (unpaired) electrons. The summed E-state index contributed by atoms with van der Waals surface area (Å²) < 4.78 is 0.723. The van der Waals surface area contributed by atoms with E-state index in [0.29, 0.717) is 0 Å². The highest BCUT2D eigenvalue weighted by Crippen LogP contribution is 2.08. The number of aromatic nitrogens is 2. The number of hydrogen-bond acceptors (Lipinski definition) is 2. The van der Waals surface area contributed by atoms with Crippen LogP contribution in [-0.2, 0) is 0 Å². The van der Waals surface area contributed by atoms with Crippen LogP contribution in [0.3, 0.4) is 0 Å². The van der Waals surface area contributed by atoms with Crippen molar-refractivity contribution in [3.05, 3.63) is 22.7 Å². The summed E-state index contributed by atoms with van der Waals surface area (Å²) in [7, 11) is -1.31. The summed E-state index contributed by atoms with van der Waals surface area (Å²) in [5.74, 6) is 3.04. The van der Waals surface area contributed by atoms with E-state index in [0.717, 1.165) is 10.3 Å². The second kappa shape index (κ2) is 4.03. The minimum Gasteiger partial charge on any atom is -0.245 e. The van der Waals surface area contributed by atoms with E-state index in [2.05, 4.69) is 57.0 Å². The van der Waals surface area contributed by atoms with Crippen LogP contribution in [0.5, 0.6) is 0 Å². The Morgan fingerprint density at radius 1 is 1.23 bits per heavy atom. The van der Waals surface area contributed by atoms with Crippen molar-refractivity contribution in [1.29, 1.82) is 0 Å². The van der Waals surface area contributed by atoms with E-state index in [4.69, 9.17) is 0 Å². The highest BCUT2D eigenvalue weighted by molar-refractivity contribution is 9.10. The normalized spacial score (nSPS) is 10.5. The molecular formula is C9H11BrN2Si. The lowest BCUT2D eigenvalue weighted by Gasteiger charge is -2.03. The quantitative estimate of drug-likeness (QED) is 0.525. The Kier molecular flexibility index (Phi) is 3.23. The average molecular weight is 255 g/mol. The minimum atomic E-state index is -1.31. The zero-order chi connectivity index (χ0) is 9.90. The fourth-order valence-electron chi connectivity index (χ4n) is 0.652. The molecule has 1 aromatic heterocycles. The highest BCUT2D eigenvalue weighted by Gasteiger charge is 2.08. The van der Waals surface area contributed by atoms with Gasteiger partial charge < -0.3 is 0 Å². The molecule has 0 aliphatic carbocycles. The zero-order valence-electron chi connectivity index (χ0n) is 7.93. The summed E-state index contributed by atoms with van der Waals surface area (Å²) in [6, 6.07) is 0. The lowest BCUT2D eigenvalue weighted by atomic mass is 10.5. The van der Waals surface area contributed by atoms with Gasteiger partial charge in [0.15, 0.2) is 0 Å². The predicted octanol–water partition coefficient (Wildman–Crippen LogP) is 2.47. The van der Waals surface area contributed by atoms with Gasteiger partial charge in [-0.25, -0.2) is 9.97 Å². The van der Waals surface area contributed by atoms with Crippen molar-refractivity contribution in [2.45, 2.75) is 19.6 Å². The van der Waals surface area contributed by atoms with Crippen LogP contribution in [0.4, 0.5) is 0 Å². The number of rotatable bonds is 0. The van der Waals surface area contributed by atoms with Crippen molar-refractivity contribution in [3.63, 3.8) is 0 Å². The van der Waals surface area contributed by atoms with E-state index in [1.54, 1.807) is 12.4 Å². The van der Waals surface area contributed by atoms with Gasteiger partial charge in [-0.15, -0.1) is 5.54 Å². The highest BCUT2D eigenvalue weighted by atomic mass is 79.9. The number of nitrogens with zero attached hydrogens (tertiary/aromatic N) is 2. The molecule has 0 atom stereocenters. The standard InChI is InChI=1S/C9H11BrN2Si/c1-13(2,3)7-4-8-9(10)12-6-5-11-8/h5-6H,1-3H3. The van der Waals surface area contributed by atoms with Crippen LogP contribution in [0, 0.1) is 11.5 Å². The van der Waals surface area contributed by atoms with E-state index in [1.807, 2.05) is 0 Å². The summed E-state index contributed by atoms with van der Waals surface area (Å²) >= 11 is 3.30. The van der Waals surface area contributed by atoms with Gasteiger partial charge in [0.1, 0.15) is 18.4 Å². The first kappa shape index (κ1) is 10.4. The molecule has 13 heavy (non-hydrogen) atoms. The average Bonchev–Trinajstić information content (AvgIpc) is 2.01. The van der Waals surface area contributed by atoms with Crippen LogP contribution in [0.25, 0.3) is 0 Å². The molecular weight excluding hydrogens is 244 g/mol. The Balaban J connectivity index is 2.97. The van der Waals surface area contributed by atoms with Gasteiger partial charge in [0.2, 0.25) is 0 Å². The van der Waals surface area contributed by atoms with Crippen LogP contribution >= 0.6 is 15.9 Å². The molecule has 0 spiro atoms. The van der Waals surface area contributed by atoms with Gasteiger partial charge in [0, 0.05) is 12.4 Å². The lowest BCUT2D eigenvalue weighted by molar-refractivity contribution is 1.14. The first-order valence-corrected chi connectivity index (χ1v) is 8.28. The monoisotopic (exact) mass is 254 g/mol. The first-order valence-electron chi connectivity index (χ1n) is 3.99. The number of hydrogen-bond donors (Lipinski definition) is 0. The van der Waals surface area contributed by atoms with Gasteiger partial charge in [-0.2, -0.15) is 0 Å². The van der Waals surface area contributed by atoms with E-state index in [1.165, 1.54) is 0 Å².